The minimum absolute atomic E-state index is 0.0309. The van der Waals surface area contributed by atoms with Crippen LogP contribution in [0.4, 0.5) is 0 Å². The molecule has 2 amide bonds. The Morgan fingerprint density at radius 1 is 1.62 bits per heavy atom. The van der Waals surface area contributed by atoms with Gasteiger partial charge in [0, 0.05) is 13.1 Å². The SMILES string of the molecule is CCN1CCCC[C@H](N[C]=O)C1=O. The fraction of sp³-hybridized carbons (Fsp3) is 0.778. The van der Waals surface area contributed by atoms with Gasteiger partial charge in [0.1, 0.15) is 6.04 Å². The highest BCUT2D eigenvalue weighted by Gasteiger charge is 2.25. The number of hydrogen-bond donors (Lipinski definition) is 1. The first-order chi connectivity index (χ1) is 6.29. The van der Waals surface area contributed by atoms with Crippen molar-refractivity contribution in [2.75, 3.05) is 13.1 Å². The van der Waals surface area contributed by atoms with E-state index in [1.165, 1.54) is 0 Å². The van der Waals surface area contributed by atoms with Gasteiger partial charge >= 0.3 is 6.41 Å². The molecule has 0 aromatic carbocycles. The van der Waals surface area contributed by atoms with Crippen LogP contribution in [0.1, 0.15) is 26.2 Å². The molecule has 1 aliphatic heterocycles. The number of nitrogens with one attached hydrogen (secondary N) is 1. The molecule has 1 rings (SSSR count). The smallest absolute Gasteiger partial charge is 0.309 e. The summed E-state index contributed by atoms with van der Waals surface area (Å²) in [5, 5.41) is 2.44. The molecular weight excluding hydrogens is 168 g/mol. The summed E-state index contributed by atoms with van der Waals surface area (Å²) in [6.07, 6.45) is 4.35. The Labute approximate surface area is 78.3 Å². The molecule has 1 saturated heterocycles. The third kappa shape index (κ3) is 2.44. The van der Waals surface area contributed by atoms with Gasteiger partial charge in [-0.05, 0) is 26.2 Å². The number of hydrogen-bond acceptors (Lipinski definition) is 2. The lowest BCUT2D eigenvalue weighted by Gasteiger charge is -2.21. The molecule has 0 spiro atoms. The van der Waals surface area contributed by atoms with Gasteiger partial charge in [-0.2, -0.15) is 0 Å². The van der Waals surface area contributed by atoms with Gasteiger partial charge in [-0.1, -0.05) is 0 Å². The number of likely N-dealkylation sites (N-methyl/N-ethyl adjacent to an activating group) is 1. The van der Waals surface area contributed by atoms with E-state index in [1.807, 2.05) is 6.92 Å². The van der Waals surface area contributed by atoms with Gasteiger partial charge in [0.25, 0.3) is 0 Å². The van der Waals surface area contributed by atoms with Crippen molar-refractivity contribution in [2.45, 2.75) is 32.2 Å². The Bertz CT molecular complexity index is 194. The van der Waals surface area contributed by atoms with E-state index in [9.17, 15) is 9.59 Å². The van der Waals surface area contributed by atoms with Crippen molar-refractivity contribution in [1.29, 1.82) is 0 Å². The maximum absolute atomic E-state index is 11.7. The first-order valence-electron chi connectivity index (χ1n) is 4.71. The van der Waals surface area contributed by atoms with Crippen LogP contribution in [-0.2, 0) is 9.59 Å². The Balaban J connectivity index is 2.61. The minimum Gasteiger partial charge on any atom is -0.341 e. The zero-order valence-corrected chi connectivity index (χ0v) is 7.88. The molecule has 1 atom stereocenters. The van der Waals surface area contributed by atoms with Crippen molar-refractivity contribution in [3.05, 3.63) is 0 Å². The molecule has 0 aromatic rings. The Kier molecular flexibility index (Phi) is 3.73. The molecule has 0 saturated carbocycles. The number of carbonyl (C=O) groups is 1. The molecule has 73 valence electrons. The van der Waals surface area contributed by atoms with E-state index < -0.39 is 0 Å². The Hall–Kier alpha value is -1.06. The molecule has 1 radical (unpaired) electrons. The highest BCUT2D eigenvalue weighted by atomic mass is 16.2. The van der Waals surface area contributed by atoms with Crippen LogP contribution >= 0.6 is 0 Å². The summed E-state index contributed by atoms with van der Waals surface area (Å²) in [5.41, 5.74) is 0. The second-order valence-electron chi connectivity index (χ2n) is 3.21. The van der Waals surface area contributed by atoms with Gasteiger partial charge in [0.2, 0.25) is 5.91 Å². The zero-order valence-electron chi connectivity index (χ0n) is 7.88. The van der Waals surface area contributed by atoms with Gasteiger partial charge in [-0.3, -0.25) is 9.59 Å². The van der Waals surface area contributed by atoms with Crippen LogP contribution < -0.4 is 5.32 Å². The molecule has 4 nitrogen and oxygen atoms in total. The summed E-state index contributed by atoms with van der Waals surface area (Å²) in [6, 6.07) is -0.347. The van der Waals surface area contributed by atoms with Gasteiger partial charge in [0.15, 0.2) is 0 Å². The summed E-state index contributed by atoms with van der Waals surface area (Å²) < 4.78 is 0. The molecule has 0 aromatic heterocycles. The summed E-state index contributed by atoms with van der Waals surface area (Å²) in [6.45, 7) is 3.48. The molecule has 0 bridgehead atoms. The predicted molar refractivity (Wildman–Crippen MR) is 48.7 cm³/mol. The van der Waals surface area contributed by atoms with Gasteiger partial charge < -0.3 is 10.2 Å². The average molecular weight is 183 g/mol. The van der Waals surface area contributed by atoms with E-state index in [2.05, 4.69) is 5.32 Å². The lowest BCUT2D eigenvalue weighted by Crippen LogP contribution is -2.44. The highest BCUT2D eigenvalue weighted by molar-refractivity contribution is 5.83. The van der Waals surface area contributed by atoms with Gasteiger partial charge in [0.05, 0.1) is 0 Å². The Morgan fingerprint density at radius 2 is 2.38 bits per heavy atom. The molecule has 13 heavy (non-hydrogen) atoms. The number of likely N-dealkylation sites (tertiary alicyclic amines) is 1. The van der Waals surface area contributed by atoms with Crippen LogP contribution in [0.2, 0.25) is 0 Å². The topological polar surface area (TPSA) is 49.4 Å². The van der Waals surface area contributed by atoms with Gasteiger partial charge in [-0.15, -0.1) is 0 Å². The van der Waals surface area contributed by atoms with E-state index in [1.54, 1.807) is 11.3 Å². The summed E-state index contributed by atoms with van der Waals surface area (Å²) in [7, 11) is 0. The summed E-state index contributed by atoms with van der Waals surface area (Å²) >= 11 is 0. The monoisotopic (exact) mass is 183 g/mol. The van der Waals surface area contributed by atoms with E-state index in [4.69, 9.17) is 0 Å². The van der Waals surface area contributed by atoms with Crippen LogP contribution in [0.15, 0.2) is 0 Å². The predicted octanol–water partition coefficient (Wildman–Crippen LogP) is 0.0442. The number of amides is 2. The van der Waals surface area contributed by atoms with E-state index in [0.717, 1.165) is 32.4 Å². The lowest BCUT2D eigenvalue weighted by molar-refractivity contribution is -0.132. The van der Waals surface area contributed by atoms with Crippen LogP contribution in [0.3, 0.4) is 0 Å². The van der Waals surface area contributed by atoms with Crippen molar-refractivity contribution in [2.24, 2.45) is 0 Å². The fourth-order valence-corrected chi connectivity index (χ4v) is 1.62. The molecule has 1 N–H and O–H groups in total. The average Bonchev–Trinajstić information content (AvgIpc) is 2.30. The lowest BCUT2D eigenvalue weighted by atomic mass is 10.1. The highest BCUT2D eigenvalue weighted by Crippen LogP contribution is 2.11. The molecular formula is C9H15N2O2. The van der Waals surface area contributed by atoms with E-state index in [-0.39, 0.29) is 11.9 Å². The summed E-state index contributed by atoms with van der Waals surface area (Å²) in [4.78, 5) is 23.5. The first-order valence-corrected chi connectivity index (χ1v) is 4.71. The number of nitrogens with zero attached hydrogens (tertiary/aromatic N) is 1. The largest absolute Gasteiger partial charge is 0.341 e. The zero-order chi connectivity index (χ0) is 9.68. The molecule has 1 aliphatic rings. The van der Waals surface area contributed by atoms with Crippen molar-refractivity contribution >= 4 is 12.3 Å². The normalized spacial score (nSPS) is 23.9. The van der Waals surface area contributed by atoms with Crippen LogP contribution in [0.25, 0.3) is 0 Å². The maximum atomic E-state index is 11.7. The first kappa shape index (κ1) is 10.0. The molecule has 0 unspecified atom stereocenters. The van der Waals surface area contributed by atoms with Crippen molar-refractivity contribution in [3.8, 4) is 0 Å². The van der Waals surface area contributed by atoms with E-state index in [0.29, 0.717) is 0 Å². The second kappa shape index (κ2) is 4.84. The third-order valence-electron chi connectivity index (χ3n) is 2.40. The molecule has 4 heteroatoms. The second-order valence-corrected chi connectivity index (χ2v) is 3.21. The van der Waals surface area contributed by atoms with Crippen molar-refractivity contribution < 1.29 is 9.59 Å². The third-order valence-corrected chi connectivity index (χ3v) is 2.40. The molecule has 1 heterocycles. The van der Waals surface area contributed by atoms with Crippen LogP contribution in [0, 0.1) is 0 Å². The Morgan fingerprint density at radius 3 is 3.00 bits per heavy atom. The maximum Gasteiger partial charge on any atom is 0.309 e. The van der Waals surface area contributed by atoms with Gasteiger partial charge in [-0.25, -0.2) is 0 Å². The van der Waals surface area contributed by atoms with Crippen molar-refractivity contribution in [3.63, 3.8) is 0 Å². The minimum atomic E-state index is -0.347. The quantitative estimate of drug-likeness (QED) is 0.628. The van der Waals surface area contributed by atoms with E-state index >= 15 is 0 Å². The number of carbonyl (C=O) groups excluding carboxylic acids is 2. The van der Waals surface area contributed by atoms with Crippen LogP contribution in [0.5, 0.6) is 0 Å². The summed E-state index contributed by atoms with van der Waals surface area (Å²) in [5.74, 6) is 0.0309. The van der Waals surface area contributed by atoms with Crippen molar-refractivity contribution in [1.82, 2.24) is 10.2 Å². The number of rotatable bonds is 3. The molecule has 1 fully saturated rings. The fourth-order valence-electron chi connectivity index (χ4n) is 1.62. The molecule has 0 aliphatic carbocycles. The van der Waals surface area contributed by atoms with Crippen LogP contribution in [-0.4, -0.2) is 36.3 Å². The standard InChI is InChI=1S/C9H15N2O2/c1-2-11-6-4-3-5-8(9(11)13)10-7-12/h8H,2-6H2,1H3,(H,10,12)/t8-/m0/s1.